The number of amides is 1. The molecule has 1 saturated carbocycles. The number of rotatable bonds is 3. The van der Waals surface area contributed by atoms with Gasteiger partial charge in [-0.3, -0.25) is 4.79 Å². The van der Waals surface area contributed by atoms with E-state index in [9.17, 15) is 4.79 Å². The molecular weight excluding hydrogens is 284 g/mol. The summed E-state index contributed by atoms with van der Waals surface area (Å²) in [6.07, 6.45) is 9.19. The third kappa shape index (κ3) is 3.01. The Balaban J connectivity index is 1.40. The molecule has 4 rings (SSSR count). The van der Waals surface area contributed by atoms with Gasteiger partial charge in [0.25, 0.3) is 0 Å². The fraction of sp³-hybridized carbons (Fsp3) is 0.550. The predicted octanol–water partition coefficient (Wildman–Crippen LogP) is 4.28. The molecule has 3 nitrogen and oxygen atoms in total. The number of fused-ring (bicyclic) bond motifs is 2. The van der Waals surface area contributed by atoms with E-state index in [1.165, 1.54) is 55.1 Å². The second-order valence-electron chi connectivity index (χ2n) is 7.22. The highest BCUT2D eigenvalue weighted by Gasteiger charge is 2.35. The maximum atomic E-state index is 12.8. The summed E-state index contributed by atoms with van der Waals surface area (Å²) in [5, 5.41) is 1.24. The number of carbonyl (C=O) groups excluding carboxylic acids is 1. The molecule has 1 saturated heterocycles. The Morgan fingerprint density at radius 2 is 1.96 bits per heavy atom. The van der Waals surface area contributed by atoms with Crippen molar-refractivity contribution >= 4 is 16.8 Å². The summed E-state index contributed by atoms with van der Waals surface area (Å²) >= 11 is 0. The van der Waals surface area contributed by atoms with E-state index >= 15 is 0 Å². The monoisotopic (exact) mass is 310 g/mol. The number of nitrogens with one attached hydrogen (secondary N) is 1. The van der Waals surface area contributed by atoms with E-state index in [4.69, 9.17) is 0 Å². The van der Waals surface area contributed by atoms with Crippen molar-refractivity contribution in [1.82, 2.24) is 9.88 Å². The first kappa shape index (κ1) is 14.8. The number of aromatic amines is 1. The average Bonchev–Trinajstić information content (AvgIpc) is 3.02. The molecule has 2 atom stereocenters. The van der Waals surface area contributed by atoms with Crippen molar-refractivity contribution in [3.8, 4) is 0 Å². The molecule has 0 spiro atoms. The summed E-state index contributed by atoms with van der Waals surface area (Å²) in [7, 11) is 0. The number of para-hydroxylation sites is 1. The van der Waals surface area contributed by atoms with Crippen LogP contribution in [-0.4, -0.2) is 28.4 Å². The first-order chi connectivity index (χ1) is 11.3. The quantitative estimate of drug-likeness (QED) is 0.902. The van der Waals surface area contributed by atoms with E-state index in [0.29, 0.717) is 18.4 Å². The van der Waals surface area contributed by atoms with Gasteiger partial charge in [0.05, 0.1) is 0 Å². The van der Waals surface area contributed by atoms with Gasteiger partial charge in [-0.05, 0) is 55.5 Å². The van der Waals surface area contributed by atoms with Crippen molar-refractivity contribution in [2.75, 3.05) is 6.54 Å². The lowest BCUT2D eigenvalue weighted by molar-refractivity contribution is -0.137. The molecule has 2 aliphatic rings. The number of H-pyrrole nitrogens is 1. The first-order valence-corrected chi connectivity index (χ1v) is 9.17. The Kier molecular flexibility index (Phi) is 4.11. The Morgan fingerprint density at radius 1 is 1.13 bits per heavy atom. The second kappa shape index (κ2) is 6.38. The normalized spacial score (nSPS) is 24.6. The topological polar surface area (TPSA) is 36.1 Å². The van der Waals surface area contributed by atoms with Gasteiger partial charge in [0.15, 0.2) is 0 Å². The molecule has 2 fully saturated rings. The van der Waals surface area contributed by atoms with E-state index in [-0.39, 0.29) is 0 Å². The molecule has 122 valence electrons. The van der Waals surface area contributed by atoms with Crippen molar-refractivity contribution in [3.63, 3.8) is 0 Å². The van der Waals surface area contributed by atoms with Gasteiger partial charge in [0.1, 0.15) is 0 Å². The number of aromatic nitrogens is 1. The molecule has 1 aliphatic carbocycles. The zero-order valence-electron chi connectivity index (χ0n) is 13.8. The van der Waals surface area contributed by atoms with Crippen LogP contribution in [0.4, 0.5) is 0 Å². The minimum atomic E-state index is 0.361. The van der Waals surface area contributed by atoms with E-state index in [1.807, 2.05) is 6.07 Å². The van der Waals surface area contributed by atoms with Gasteiger partial charge in [-0.25, -0.2) is 0 Å². The Labute approximate surface area is 138 Å². The largest absolute Gasteiger partial charge is 0.358 e. The van der Waals surface area contributed by atoms with Crippen molar-refractivity contribution in [2.45, 2.75) is 57.4 Å². The van der Waals surface area contributed by atoms with Gasteiger partial charge < -0.3 is 9.88 Å². The standard InChI is InChI=1S/C20H26N2O/c23-20(22-13-5-8-15-6-2-4-10-19(15)22)12-11-17-14-16-7-1-3-9-18(16)21-17/h1,3,7,9,14-15,19,21H,2,4-6,8,10-13H2. The van der Waals surface area contributed by atoms with Crippen LogP contribution in [-0.2, 0) is 11.2 Å². The third-order valence-corrected chi connectivity index (χ3v) is 5.76. The highest BCUT2D eigenvalue weighted by Crippen LogP contribution is 2.35. The summed E-state index contributed by atoms with van der Waals surface area (Å²) in [5.41, 5.74) is 2.34. The number of hydrogen-bond donors (Lipinski definition) is 1. The highest BCUT2D eigenvalue weighted by atomic mass is 16.2. The summed E-state index contributed by atoms with van der Waals surface area (Å²) in [5.74, 6) is 1.13. The summed E-state index contributed by atoms with van der Waals surface area (Å²) < 4.78 is 0. The number of likely N-dealkylation sites (tertiary alicyclic amines) is 1. The highest BCUT2D eigenvalue weighted by molar-refractivity contribution is 5.81. The van der Waals surface area contributed by atoms with E-state index in [0.717, 1.165) is 18.9 Å². The SMILES string of the molecule is O=C(CCc1cc2ccccc2[nH]1)N1CCCC2CCCCC21. The van der Waals surface area contributed by atoms with Gasteiger partial charge in [0.2, 0.25) is 5.91 Å². The van der Waals surface area contributed by atoms with Gasteiger partial charge in [-0.15, -0.1) is 0 Å². The predicted molar refractivity (Wildman–Crippen MR) is 93.3 cm³/mol. The second-order valence-corrected chi connectivity index (χ2v) is 7.22. The molecule has 3 heteroatoms. The van der Waals surface area contributed by atoms with Crippen LogP contribution < -0.4 is 0 Å². The molecule has 2 heterocycles. The molecule has 2 aromatic rings. The smallest absolute Gasteiger partial charge is 0.223 e. The molecule has 1 aliphatic heterocycles. The van der Waals surface area contributed by atoms with Gasteiger partial charge in [-0.1, -0.05) is 31.0 Å². The molecule has 0 bridgehead atoms. The van der Waals surface area contributed by atoms with Crippen LogP contribution in [0.1, 0.15) is 50.6 Å². The lowest BCUT2D eigenvalue weighted by Crippen LogP contribution is -2.49. The van der Waals surface area contributed by atoms with E-state index < -0.39 is 0 Å². The van der Waals surface area contributed by atoms with Gasteiger partial charge in [0, 0.05) is 30.2 Å². The Hall–Kier alpha value is -1.77. The third-order valence-electron chi connectivity index (χ3n) is 5.76. The van der Waals surface area contributed by atoms with Crippen LogP contribution in [0.2, 0.25) is 0 Å². The van der Waals surface area contributed by atoms with Crippen molar-refractivity contribution in [2.24, 2.45) is 5.92 Å². The van der Waals surface area contributed by atoms with Crippen molar-refractivity contribution < 1.29 is 4.79 Å². The van der Waals surface area contributed by atoms with Crippen LogP contribution in [0.5, 0.6) is 0 Å². The number of benzene rings is 1. The number of carbonyl (C=O) groups is 1. The molecule has 1 aromatic carbocycles. The lowest BCUT2D eigenvalue weighted by Gasteiger charge is -2.44. The molecule has 0 radical (unpaired) electrons. The summed E-state index contributed by atoms with van der Waals surface area (Å²) in [6, 6.07) is 11.0. The first-order valence-electron chi connectivity index (χ1n) is 9.17. The molecule has 1 aromatic heterocycles. The number of piperidine rings is 1. The van der Waals surface area contributed by atoms with Crippen LogP contribution in [0, 0.1) is 5.92 Å². The van der Waals surface area contributed by atoms with Crippen LogP contribution >= 0.6 is 0 Å². The molecule has 23 heavy (non-hydrogen) atoms. The van der Waals surface area contributed by atoms with Crippen LogP contribution in [0.3, 0.4) is 0 Å². The fourth-order valence-corrected chi connectivity index (χ4v) is 4.59. The Bertz CT molecular complexity index is 655. The molecule has 1 N–H and O–H groups in total. The molecular formula is C20H26N2O. The lowest BCUT2D eigenvalue weighted by atomic mass is 9.78. The van der Waals surface area contributed by atoms with E-state index in [1.54, 1.807) is 0 Å². The zero-order chi connectivity index (χ0) is 15.6. The van der Waals surface area contributed by atoms with Crippen molar-refractivity contribution in [3.05, 3.63) is 36.0 Å². The summed E-state index contributed by atoms with van der Waals surface area (Å²) in [4.78, 5) is 18.4. The molecule has 1 amide bonds. The minimum Gasteiger partial charge on any atom is -0.358 e. The maximum Gasteiger partial charge on any atom is 0.223 e. The van der Waals surface area contributed by atoms with Gasteiger partial charge >= 0.3 is 0 Å². The van der Waals surface area contributed by atoms with Gasteiger partial charge in [-0.2, -0.15) is 0 Å². The van der Waals surface area contributed by atoms with Crippen LogP contribution in [0.15, 0.2) is 30.3 Å². The molecule has 2 unspecified atom stereocenters. The van der Waals surface area contributed by atoms with E-state index in [2.05, 4.69) is 34.1 Å². The zero-order valence-corrected chi connectivity index (χ0v) is 13.8. The van der Waals surface area contributed by atoms with Crippen molar-refractivity contribution in [1.29, 1.82) is 0 Å². The number of aryl methyl sites for hydroxylation is 1. The summed E-state index contributed by atoms with van der Waals surface area (Å²) in [6.45, 7) is 0.979. The fourth-order valence-electron chi connectivity index (χ4n) is 4.59. The average molecular weight is 310 g/mol. The number of hydrogen-bond acceptors (Lipinski definition) is 1. The minimum absolute atomic E-state index is 0.361. The maximum absolute atomic E-state index is 12.8. The van der Waals surface area contributed by atoms with Crippen LogP contribution in [0.25, 0.3) is 10.9 Å². The number of nitrogens with zero attached hydrogens (tertiary/aromatic N) is 1. The Morgan fingerprint density at radius 3 is 2.87 bits per heavy atom.